The van der Waals surface area contributed by atoms with E-state index in [-0.39, 0.29) is 11.7 Å². The molecule has 0 bridgehead atoms. The second kappa shape index (κ2) is 6.13. The minimum absolute atomic E-state index is 0.167. The summed E-state index contributed by atoms with van der Waals surface area (Å²) in [6.45, 7) is 0. The zero-order valence-corrected chi connectivity index (χ0v) is 12.2. The summed E-state index contributed by atoms with van der Waals surface area (Å²) in [5, 5.41) is 9.89. The van der Waals surface area contributed by atoms with Gasteiger partial charge in [-0.25, -0.2) is 0 Å². The van der Waals surface area contributed by atoms with Crippen molar-refractivity contribution in [2.24, 2.45) is 5.92 Å². The van der Waals surface area contributed by atoms with E-state index in [1.807, 2.05) is 18.3 Å². The van der Waals surface area contributed by atoms with Crippen molar-refractivity contribution >= 4 is 16.7 Å². The summed E-state index contributed by atoms with van der Waals surface area (Å²) in [5.41, 5.74) is 2.29. The summed E-state index contributed by atoms with van der Waals surface area (Å²) in [6, 6.07) is 7.61. The Morgan fingerprint density at radius 3 is 2.57 bits per heavy atom. The third kappa shape index (κ3) is 2.85. The molecule has 0 radical (unpaired) electrons. The molecule has 1 N–H and O–H groups in total. The smallest absolute Gasteiger partial charge is 0.168 e. The van der Waals surface area contributed by atoms with E-state index in [0.717, 1.165) is 42.1 Å². The number of nitriles is 1. The maximum atomic E-state index is 12.8. The minimum Gasteiger partial charge on any atom is -0.360 e. The Morgan fingerprint density at radius 1 is 1.14 bits per heavy atom. The van der Waals surface area contributed by atoms with Crippen molar-refractivity contribution in [1.82, 2.24) is 4.98 Å². The molecule has 21 heavy (non-hydrogen) atoms. The first-order valence-corrected chi connectivity index (χ1v) is 7.85. The van der Waals surface area contributed by atoms with Gasteiger partial charge in [0.25, 0.3) is 0 Å². The van der Waals surface area contributed by atoms with Crippen molar-refractivity contribution in [2.45, 2.75) is 44.9 Å². The average Bonchev–Trinajstić information content (AvgIpc) is 2.89. The van der Waals surface area contributed by atoms with Gasteiger partial charge in [0.15, 0.2) is 5.78 Å². The van der Waals surface area contributed by atoms with E-state index in [1.54, 1.807) is 6.07 Å². The van der Waals surface area contributed by atoms with Gasteiger partial charge in [0.2, 0.25) is 0 Å². The van der Waals surface area contributed by atoms with Crippen LogP contribution in [0.25, 0.3) is 10.9 Å². The maximum Gasteiger partial charge on any atom is 0.168 e. The highest BCUT2D eigenvalue weighted by Crippen LogP contribution is 2.28. The van der Waals surface area contributed by atoms with Crippen molar-refractivity contribution < 1.29 is 4.79 Å². The molecule has 1 aromatic carbocycles. The third-order valence-corrected chi connectivity index (χ3v) is 4.55. The lowest BCUT2D eigenvalue weighted by molar-refractivity contribution is 0.0900. The molecule has 3 heteroatoms. The number of nitrogens with one attached hydrogen (secondary N) is 1. The van der Waals surface area contributed by atoms with Gasteiger partial charge in [-0.1, -0.05) is 38.2 Å². The van der Waals surface area contributed by atoms with Gasteiger partial charge < -0.3 is 4.98 Å². The monoisotopic (exact) mass is 280 g/mol. The van der Waals surface area contributed by atoms with E-state index in [1.165, 1.54) is 19.3 Å². The molecule has 0 unspecified atom stereocenters. The summed E-state index contributed by atoms with van der Waals surface area (Å²) >= 11 is 0. The molecule has 1 aliphatic rings. The molecule has 0 saturated heterocycles. The van der Waals surface area contributed by atoms with Crippen LogP contribution in [0.1, 0.15) is 60.9 Å². The first-order chi connectivity index (χ1) is 10.3. The first-order valence-electron chi connectivity index (χ1n) is 7.85. The SMILES string of the molecule is N#Cc1ccc2c(C(=O)C3CCCCCCC3)c[nH]c2c1. The van der Waals surface area contributed by atoms with Crippen molar-refractivity contribution in [2.75, 3.05) is 0 Å². The number of H-pyrrole nitrogens is 1. The molecule has 3 nitrogen and oxygen atoms in total. The van der Waals surface area contributed by atoms with Crippen LogP contribution in [0.5, 0.6) is 0 Å². The van der Waals surface area contributed by atoms with E-state index in [2.05, 4.69) is 11.1 Å². The molecule has 3 rings (SSSR count). The Bertz CT molecular complexity index is 685. The number of benzene rings is 1. The topological polar surface area (TPSA) is 56.6 Å². The van der Waals surface area contributed by atoms with E-state index in [9.17, 15) is 4.79 Å². The first kappa shape index (κ1) is 13.9. The number of fused-ring (bicyclic) bond motifs is 1. The number of carbonyl (C=O) groups is 1. The molecule has 1 aliphatic carbocycles. The number of Topliss-reactive ketones (excluding diaryl/α,β-unsaturated/α-hetero) is 1. The molecule has 1 fully saturated rings. The Morgan fingerprint density at radius 2 is 1.86 bits per heavy atom. The molecule has 1 saturated carbocycles. The van der Waals surface area contributed by atoms with Crippen LogP contribution in [0.3, 0.4) is 0 Å². The van der Waals surface area contributed by atoms with Crippen LogP contribution in [-0.2, 0) is 0 Å². The van der Waals surface area contributed by atoms with Crippen LogP contribution in [-0.4, -0.2) is 10.8 Å². The molecule has 0 aliphatic heterocycles. The fourth-order valence-corrected chi connectivity index (χ4v) is 3.34. The third-order valence-electron chi connectivity index (χ3n) is 4.55. The van der Waals surface area contributed by atoms with Gasteiger partial charge in [0.1, 0.15) is 0 Å². The number of nitrogens with zero attached hydrogens (tertiary/aromatic N) is 1. The molecule has 1 heterocycles. The lowest BCUT2D eigenvalue weighted by Gasteiger charge is -2.18. The van der Waals surface area contributed by atoms with Crippen molar-refractivity contribution in [1.29, 1.82) is 5.26 Å². The van der Waals surface area contributed by atoms with Crippen molar-refractivity contribution in [3.05, 3.63) is 35.5 Å². The minimum atomic E-state index is 0.167. The zero-order chi connectivity index (χ0) is 14.7. The zero-order valence-electron chi connectivity index (χ0n) is 12.2. The lowest BCUT2D eigenvalue weighted by Crippen LogP contribution is -2.16. The number of hydrogen-bond acceptors (Lipinski definition) is 2. The van der Waals surface area contributed by atoms with Crippen LogP contribution in [0, 0.1) is 17.2 Å². The van der Waals surface area contributed by atoms with E-state index in [0.29, 0.717) is 5.56 Å². The number of rotatable bonds is 2. The van der Waals surface area contributed by atoms with E-state index in [4.69, 9.17) is 5.26 Å². The van der Waals surface area contributed by atoms with Crippen LogP contribution in [0.15, 0.2) is 24.4 Å². The summed E-state index contributed by atoms with van der Waals surface area (Å²) in [5.74, 6) is 0.438. The highest BCUT2D eigenvalue weighted by atomic mass is 16.1. The van der Waals surface area contributed by atoms with Crippen molar-refractivity contribution in [3.8, 4) is 6.07 Å². The van der Waals surface area contributed by atoms with Crippen LogP contribution < -0.4 is 0 Å². The van der Waals surface area contributed by atoms with Gasteiger partial charge in [-0.05, 0) is 25.0 Å². The van der Waals surface area contributed by atoms with Gasteiger partial charge in [-0.2, -0.15) is 5.26 Å². The number of aromatic amines is 1. The Labute approximate surface area is 125 Å². The lowest BCUT2D eigenvalue weighted by atomic mass is 9.85. The van der Waals surface area contributed by atoms with Crippen LogP contribution >= 0.6 is 0 Å². The fourth-order valence-electron chi connectivity index (χ4n) is 3.34. The van der Waals surface area contributed by atoms with Gasteiger partial charge >= 0.3 is 0 Å². The van der Waals surface area contributed by atoms with Crippen LogP contribution in [0.2, 0.25) is 0 Å². The highest BCUT2D eigenvalue weighted by Gasteiger charge is 2.23. The van der Waals surface area contributed by atoms with Crippen molar-refractivity contribution in [3.63, 3.8) is 0 Å². The largest absolute Gasteiger partial charge is 0.360 e. The molecule has 108 valence electrons. The molecule has 1 aromatic heterocycles. The molecule has 0 amide bonds. The number of aromatic nitrogens is 1. The predicted molar refractivity (Wildman–Crippen MR) is 83.2 cm³/mol. The summed E-state index contributed by atoms with van der Waals surface area (Å²) in [6.07, 6.45) is 9.99. The van der Waals surface area contributed by atoms with E-state index >= 15 is 0 Å². The Hall–Kier alpha value is -2.08. The Balaban J connectivity index is 1.88. The quantitative estimate of drug-likeness (QED) is 0.818. The van der Waals surface area contributed by atoms with Gasteiger partial charge in [-0.15, -0.1) is 0 Å². The standard InChI is InChI=1S/C18H20N2O/c19-11-13-8-9-15-16(12-20-17(15)10-13)18(21)14-6-4-2-1-3-5-7-14/h8-10,12,14,20H,1-7H2. The molecule has 2 aromatic rings. The summed E-state index contributed by atoms with van der Waals surface area (Å²) in [7, 11) is 0. The molecular formula is C18H20N2O. The normalized spacial score (nSPS) is 17.1. The fraction of sp³-hybridized carbons (Fsp3) is 0.444. The highest BCUT2D eigenvalue weighted by molar-refractivity contribution is 6.09. The second-order valence-corrected chi connectivity index (χ2v) is 5.98. The average molecular weight is 280 g/mol. The molecule has 0 spiro atoms. The summed E-state index contributed by atoms with van der Waals surface area (Å²) < 4.78 is 0. The Kier molecular flexibility index (Phi) is 4.06. The maximum absolute atomic E-state index is 12.8. The van der Waals surface area contributed by atoms with Gasteiger partial charge in [0.05, 0.1) is 11.6 Å². The second-order valence-electron chi connectivity index (χ2n) is 5.98. The van der Waals surface area contributed by atoms with E-state index < -0.39 is 0 Å². The van der Waals surface area contributed by atoms with Crippen LogP contribution in [0.4, 0.5) is 0 Å². The number of hydrogen-bond donors (Lipinski definition) is 1. The molecular weight excluding hydrogens is 260 g/mol. The number of carbonyl (C=O) groups excluding carboxylic acids is 1. The van der Waals surface area contributed by atoms with Gasteiger partial charge in [-0.3, -0.25) is 4.79 Å². The summed E-state index contributed by atoms with van der Waals surface area (Å²) in [4.78, 5) is 15.9. The molecule has 0 atom stereocenters. The predicted octanol–water partition coefficient (Wildman–Crippen LogP) is 4.58. The van der Waals surface area contributed by atoms with Gasteiger partial charge in [0, 0.05) is 28.6 Å². The number of ketones is 1.